The maximum absolute atomic E-state index is 14.1. The summed E-state index contributed by atoms with van der Waals surface area (Å²) in [6.45, 7) is 2.03. The van der Waals surface area contributed by atoms with Crippen LogP contribution in [-0.4, -0.2) is 19.3 Å². The molecule has 1 saturated heterocycles. The number of halogens is 1. The Labute approximate surface area is 124 Å². The summed E-state index contributed by atoms with van der Waals surface area (Å²) >= 11 is 0. The number of nitrogens with one attached hydrogen (secondary N) is 1. The molecule has 0 aliphatic carbocycles. The predicted octanol–water partition coefficient (Wildman–Crippen LogP) is 3.87. The standard InChI is InChI=1S/C17H18FN3/c18-17-12-16(21-10-4-5-11-21)9-8-14(17)13-19-20-15-6-2-1-3-7-15/h1-3,6-9,12-13,20H,4-5,10-11H2. The molecular formula is C17H18FN3. The van der Waals surface area contributed by atoms with Gasteiger partial charge in [0.15, 0.2) is 0 Å². The van der Waals surface area contributed by atoms with E-state index in [4.69, 9.17) is 0 Å². The molecule has 0 unspecified atom stereocenters. The van der Waals surface area contributed by atoms with Crippen LogP contribution >= 0.6 is 0 Å². The monoisotopic (exact) mass is 283 g/mol. The van der Waals surface area contributed by atoms with E-state index < -0.39 is 0 Å². The maximum Gasteiger partial charge on any atom is 0.134 e. The molecule has 1 aliphatic heterocycles. The molecule has 0 bridgehead atoms. The van der Waals surface area contributed by atoms with Gasteiger partial charge in [-0.15, -0.1) is 0 Å². The Hall–Kier alpha value is -2.36. The van der Waals surface area contributed by atoms with Gasteiger partial charge in [-0.2, -0.15) is 5.10 Å². The van der Waals surface area contributed by atoms with Crippen LogP contribution in [0.2, 0.25) is 0 Å². The van der Waals surface area contributed by atoms with Crippen LogP contribution in [-0.2, 0) is 0 Å². The van der Waals surface area contributed by atoms with Gasteiger partial charge in [0.25, 0.3) is 0 Å². The van der Waals surface area contributed by atoms with Crippen molar-refractivity contribution in [2.24, 2.45) is 5.10 Å². The van der Waals surface area contributed by atoms with Crippen molar-refractivity contribution in [3.05, 3.63) is 59.9 Å². The van der Waals surface area contributed by atoms with Crippen molar-refractivity contribution in [3.63, 3.8) is 0 Å². The number of hydrogen-bond donors (Lipinski definition) is 1. The molecule has 4 heteroatoms. The Kier molecular flexibility index (Phi) is 4.15. The Balaban J connectivity index is 1.68. The lowest BCUT2D eigenvalue weighted by molar-refractivity contribution is 0.625. The Morgan fingerprint density at radius 1 is 1.05 bits per heavy atom. The lowest BCUT2D eigenvalue weighted by atomic mass is 10.2. The summed E-state index contributed by atoms with van der Waals surface area (Å²) in [5, 5.41) is 4.07. The van der Waals surface area contributed by atoms with E-state index in [1.807, 2.05) is 36.4 Å². The Morgan fingerprint density at radius 3 is 2.52 bits per heavy atom. The summed E-state index contributed by atoms with van der Waals surface area (Å²) in [5.74, 6) is -0.238. The first-order valence-electron chi connectivity index (χ1n) is 7.21. The summed E-state index contributed by atoms with van der Waals surface area (Å²) in [5.41, 5.74) is 5.20. The highest BCUT2D eigenvalue weighted by atomic mass is 19.1. The smallest absolute Gasteiger partial charge is 0.134 e. The van der Waals surface area contributed by atoms with Crippen LogP contribution < -0.4 is 10.3 Å². The molecule has 0 spiro atoms. The van der Waals surface area contributed by atoms with Gasteiger partial charge in [-0.25, -0.2) is 4.39 Å². The molecular weight excluding hydrogens is 265 g/mol. The van der Waals surface area contributed by atoms with Gasteiger partial charge >= 0.3 is 0 Å². The van der Waals surface area contributed by atoms with E-state index in [1.165, 1.54) is 19.1 Å². The fourth-order valence-corrected chi connectivity index (χ4v) is 2.48. The van der Waals surface area contributed by atoms with E-state index >= 15 is 0 Å². The van der Waals surface area contributed by atoms with Crippen molar-refractivity contribution in [3.8, 4) is 0 Å². The minimum absolute atomic E-state index is 0.238. The SMILES string of the molecule is Fc1cc(N2CCCC2)ccc1C=NNc1ccccc1. The van der Waals surface area contributed by atoms with Crippen LogP contribution in [0.5, 0.6) is 0 Å². The molecule has 1 fully saturated rings. The zero-order valence-corrected chi connectivity index (χ0v) is 11.8. The van der Waals surface area contributed by atoms with Crippen LogP contribution in [0.25, 0.3) is 0 Å². The fourth-order valence-electron chi connectivity index (χ4n) is 2.48. The highest BCUT2D eigenvalue weighted by Crippen LogP contribution is 2.22. The third-order valence-corrected chi connectivity index (χ3v) is 3.63. The van der Waals surface area contributed by atoms with Gasteiger partial charge < -0.3 is 4.90 Å². The molecule has 1 N–H and O–H groups in total. The summed E-state index contributed by atoms with van der Waals surface area (Å²) in [7, 11) is 0. The first kappa shape index (κ1) is 13.6. The second-order valence-corrected chi connectivity index (χ2v) is 5.14. The number of rotatable bonds is 4. The Morgan fingerprint density at radius 2 is 1.81 bits per heavy atom. The molecule has 0 aromatic heterocycles. The zero-order valence-electron chi connectivity index (χ0n) is 11.8. The van der Waals surface area contributed by atoms with Crippen molar-refractivity contribution in [2.45, 2.75) is 12.8 Å². The summed E-state index contributed by atoms with van der Waals surface area (Å²) in [6, 6.07) is 14.9. The van der Waals surface area contributed by atoms with Crippen LogP contribution in [0, 0.1) is 5.82 Å². The topological polar surface area (TPSA) is 27.6 Å². The fraction of sp³-hybridized carbons (Fsp3) is 0.235. The van der Waals surface area contributed by atoms with Gasteiger partial charge in [-0.05, 0) is 43.2 Å². The van der Waals surface area contributed by atoms with E-state index in [9.17, 15) is 4.39 Å². The highest BCUT2D eigenvalue weighted by molar-refractivity contribution is 5.81. The molecule has 0 saturated carbocycles. The molecule has 1 aliphatic rings. The second kappa shape index (κ2) is 6.39. The van der Waals surface area contributed by atoms with Crippen molar-refractivity contribution in [1.29, 1.82) is 0 Å². The van der Waals surface area contributed by atoms with Gasteiger partial charge in [0.1, 0.15) is 5.82 Å². The van der Waals surface area contributed by atoms with Gasteiger partial charge in [0.2, 0.25) is 0 Å². The van der Waals surface area contributed by atoms with Crippen LogP contribution in [0.3, 0.4) is 0 Å². The molecule has 0 radical (unpaired) electrons. The molecule has 0 amide bonds. The normalized spacial score (nSPS) is 14.8. The van der Waals surface area contributed by atoms with Crippen molar-refractivity contribution in [2.75, 3.05) is 23.4 Å². The van der Waals surface area contributed by atoms with Gasteiger partial charge in [-0.3, -0.25) is 5.43 Å². The van der Waals surface area contributed by atoms with Crippen molar-refractivity contribution >= 4 is 17.6 Å². The number of benzene rings is 2. The average molecular weight is 283 g/mol. The number of hydrogen-bond acceptors (Lipinski definition) is 3. The quantitative estimate of drug-likeness (QED) is 0.681. The molecule has 2 aromatic carbocycles. The second-order valence-electron chi connectivity index (χ2n) is 5.14. The summed E-state index contributed by atoms with van der Waals surface area (Å²) in [4.78, 5) is 2.21. The van der Waals surface area contributed by atoms with Crippen LogP contribution in [0.15, 0.2) is 53.6 Å². The van der Waals surface area contributed by atoms with Gasteiger partial charge in [0, 0.05) is 24.3 Å². The predicted molar refractivity (Wildman–Crippen MR) is 85.5 cm³/mol. The average Bonchev–Trinajstić information content (AvgIpc) is 3.04. The lowest BCUT2D eigenvalue weighted by Crippen LogP contribution is -2.17. The first-order chi connectivity index (χ1) is 10.3. The minimum Gasteiger partial charge on any atom is -0.371 e. The van der Waals surface area contributed by atoms with Crippen LogP contribution in [0.4, 0.5) is 15.8 Å². The number of hydrazone groups is 1. The van der Waals surface area contributed by atoms with Crippen molar-refractivity contribution in [1.82, 2.24) is 0 Å². The molecule has 21 heavy (non-hydrogen) atoms. The van der Waals surface area contributed by atoms with Crippen molar-refractivity contribution < 1.29 is 4.39 Å². The highest BCUT2D eigenvalue weighted by Gasteiger charge is 2.13. The maximum atomic E-state index is 14.1. The van der Waals surface area contributed by atoms with Gasteiger partial charge in [0.05, 0.1) is 11.9 Å². The van der Waals surface area contributed by atoms with Gasteiger partial charge in [-0.1, -0.05) is 18.2 Å². The summed E-state index contributed by atoms with van der Waals surface area (Å²) in [6.07, 6.45) is 3.88. The third-order valence-electron chi connectivity index (χ3n) is 3.63. The molecule has 0 atom stereocenters. The largest absolute Gasteiger partial charge is 0.371 e. The molecule has 2 aromatic rings. The van der Waals surface area contributed by atoms with E-state index in [-0.39, 0.29) is 5.82 Å². The Bertz CT molecular complexity index is 619. The van der Waals surface area contributed by atoms with E-state index in [0.717, 1.165) is 24.5 Å². The lowest BCUT2D eigenvalue weighted by Gasteiger charge is -2.17. The number of nitrogens with zero attached hydrogens (tertiary/aromatic N) is 2. The first-order valence-corrected chi connectivity index (χ1v) is 7.21. The van der Waals surface area contributed by atoms with Crippen LogP contribution in [0.1, 0.15) is 18.4 Å². The zero-order chi connectivity index (χ0) is 14.5. The minimum atomic E-state index is -0.238. The van der Waals surface area contributed by atoms with E-state index in [2.05, 4.69) is 15.4 Å². The number of anilines is 2. The van der Waals surface area contributed by atoms with E-state index in [1.54, 1.807) is 12.1 Å². The third kappa shape index (κ3) is 3.40. The molecule has 3 rings (SSSR count). The molecule has 1 heterocycles. The number of para-hydroxylation sites is 1. The molecule has 3 nitrogen and oxygen atoms in total. The van der Waals surface area contributed by atoms with E-state index in [0.29, 0.717) is 5.56 Å². The molecule has 108 valence electrons. The summed E-state index contributed by atoms with van der Waals surface area (Å²) < 4.78 is 14.1.